The van der Waals surface area contributed by atoms with Gasteiger partial charge in [-0.05, 0) is 30.6 Å². The van der Waals surface area contributed by atoms with Gasteiger partial charge in [-0.1, -0.05) is 6.07 Å². The van der Waals surface area contributed by atoms with Crippen LogP contribution in [0.4, 0.5) is 18.9 Å². The van der Waals surface area contributed by atoms with Crippen molar-refractivity contribution in [2.24, 2.45) is 5.84 Å². The summed E-state index contributed by atoms with van der Waals surface area (Å²) in [6, 6.07) is 3.36. The first-order chi connectivity index (χ1) is 9.41. The van der Waals surface area contributed by atoms with Crippen LogP contribution in [0, 0.1) is 0 Å². The Hall–Kier alpha value is -1.41. The highest BCUT2D eigenvalue weighted by Gasteiger charge is 2.35. The molecule has 0 unspecified atom stereocenters. The molecule has 0 fully saturated rings. The number of para-hydroxylation sites is 1. The molecule has 1 rings (SSSR count). The van der Waals surface area contributed by atoms with Gasteiger partial charge in [-0.3, -0.25) is 10.6 Å². The van der Waals surface area contributed by atoms with Gasteiger partial charge in [0, 0.05) is 6.54 Å². The average Bonchev–Trinajstić information content (AvgIpc) is 2.41. The maximum atomic E-state index is 12.8. The first-order valence-electron chi connectivity index (χ1n) is 5.85. The topological polar surface area (TPSA) is 67.2 Å². The molecule has 0 heterocycles. The molecule has 0 aromatic heterocycles. The SMILES string of the molecule is CSCCCNC(=O)c1cccc(C(F)(F)F)c1NN. The first kappa shape index (κ1) is 16.6. The van der Waals surface area contributed by atoms with Crippen molar-refractivity contribution in [2.45, 2.75) is 12.6 Å². The fraction of sp³-hybridized carbons (Fsp3) is 0.417. The number of nitrogens with one attached hydrogen (secondary N) is 2. The van der Waals surface area contributed by atoms with E-state index in [1.54, 1.807) is 11.8 Å². The predicted molar refractivity (Wildman–Crippen MR) is 74.6 cm³/mol. The summed E-state index contributed by atoms with van der Waals surface area (Å²) in [7, 11) is 0. The summed E-state index contributed by atoms with van der Waals surface area (Å²) < 4.78 is 38.4. The Morgan fingerprint density at radius 1 is 1.40 bits per heavy atom. The van der Waals surface area contributed by atoms with Crippen molar-refractivity contribution in [3.8, 4) is 0 Å². The molecule has 0 radical (unpaired) electrons. The summed E-state index contributed by atoms with van der Waals surface area (Å²) in [4.78, 5) is 11.9. The second kappa shape index (κ2) is 7.39. The summed E-state index contributed by atoms with van der Waals surface area (Å²) in [6.45, 7) is 0.403. The third-order valence-corrected chi connectivity index (χ3v) is 3.27. The van der Waals surface area contributed by atoms with Crippen LogP contribution < -0.4 is 16.6 Å². The van der Waals surface area contributed by atoms with Gasteiger partial charge in [0.15, 0.2) is 0 Å². The number of benzene rings is 1. The number of rotatable bonds is 6. The number of amides is 1. The van der Waals surface area contributed by atoms with Crippen molar-refractivity contribution >= 4 is 23.4 Å². The quantitative estimate of drug-likeness (QED) is 0.429. The Morgan fingerprint density at radius 2 is 2.10 bits per heavy atom. The number of nitrogen functional groups attached to an aromatic ring is 1. The van der Waals surface area contributed by atoms with Crippen molar-refractivity contribution in [3.05, 3.63) is 29.3 Å². The van der Waals surface area contributed by atoms with E-state index in [0.29, 0.717) is 6.54 Å². The van der Waals surface area contributed by atoms with Gasteiger partial charge in [0.1, 0.15) is 0 Å². The Labute approximate surface area is 119 Å². The molecular formula is C12H16F3N3OS. The van der Waals surface area contributed by atoms with Crippen molar-refractivity contribution < 1.29 is 18.0 Å². The third-order valence-electron chi connectivity index (χ3n) is 2.57. The molecule has 8 heteroatoms. The van der Waals surface area contributed by atoms with E-state index in [0.717, 1.165) is 18.2 Å². The molecule has 112 valence electrons. The van der Waals surface area contributed by atoms with Gasteiger partial charge in [0.25, 0.3) is 5.91 Å². The zero-order valence-electron chi connectivity index (χ0n) is 10.9. The minimum absolute atomic E-state index is 0.119. The minimum atomic E-state index is -4.57. The Morgan fingerprint density at radius 3 is 2.65 bits per heavy atom. The molecule has 0 saturated carbocycles. The highest BCUT2D eigenvalue weighted by Crippen LogP contribution is 2.36. The highest BCUT2D eigenvalue weighted by molar-refractivity contribution is 7.98. The van der Waals surface area contributed by atoms with Gasteiger partial charge in [-0.2, -0.15) is 24.9 Å². The standard InChI is InChI=1S/C12H16F3N3OS/c1-20-7-3-6-17-11(19)8-4-2-5-9(10(8)18-16)12(13,14)15/h2,4-5,18H,3,6-7,16H2,1H3,(H,17,19). The maximum absolute atomic E-state index is 12.8. The van der Waals surface area contributed by atoms with Crippen LogP contribution in [0.5, 0.6) is 0 Å². The molecule has 0 aliphatic heterocycles. The lowest BCUT2D eigenvalue weighted by molar-refractivity contribution is -0.137. The number of carbonyl (C=O) groups is 1. The molecule has 4 nitrogen and oxygen atoms in total. The zero-order chi connectivity index (χ0) is 15.2. The molecule has 1 aromatic rings. The minimum Gasteiger partial charge on any atom is -0.352 e. The smallest absolute Gasteiger partial charge is 0.352 e. The third kappa shape index (κ3) is 4.31. The molecule has 0 spiro atoms. The van der Waals surface area contributed by atoms with Gasteiger partial charge in [-0.15, -0.1) is 0 Å². The number of halogens is 3. The van der Waals surface area contributed by atoms with Crippen LogP contribution in [0.25, 0.3) is 0 Å². The average molecular weight is 307 g/mol. The van der Waals surface area contributed by atoms with E-state index in [1.807, 2.05) is 11.7 Å². The molecule has 4 N–H and O–H groups in total. The fourth-order valence-electron chi connectivity index (χ4n) is 1.65. The number of hydrazine groups is 1. The maximum Gasteiger partial charge on any atom is 0.418 e. The fourth-order valence-corrected chi connectivity index (χ4v) is 2.08. The molecule has 0 aliphatic rings. The van der Waals surface area contributed by atoms with Crippen LogP contribution in [-0.4, -0.2) is 24.5 Å². The summed E-state index contributed by atoms with van der Waals surface area (Å²) in [5.74, 6) is 5.42. The van der Waals surface area contributed by atoms with E-state index in [9.17, 15) is 18.0 Å². The number of hydrogen-bond donors (Lipinski definition) is 3. The van der Waals surface area contributed by atoms with Gasteiger partial charge in [0.05, 0.1) is 16.8 Å². The number of hydrogen-bond acceptors (Lipinski definition) is 4. The van der Waals surface area contributed by atoms with Crippen LogP contribution in [0.3, 0.4) is 0 Å². The van der Waals surface area contributed by atoms with E-state index < -0.39 is 23.3 Å². The number of alkyl halides is 3. The van der Waals surface area contributed by atoms with Crippen LogP contribution >= 0.6 is 11.8 Å². The summed E-state index contributed by atoms with van der Waals surface area (Å²) in [5, 5.41) is 2.57. The van der Waals surface area contributed by atoms with E-state index in [-0.39, 0.29) is 5.56 Å². The summed E-state index contributed by atoms with van der Waals surface area (Å²) in [6.07, 6.45) is -1.89. The Bertz CT molecular complexity index is 466. The zero-order valence-corrected chi connectivity index (χ0v) is 11.7. The largest absolute Gasteiger partial charge is 0.418 e. The van der Waals surface area contributed by atoms with E-state index in [4.69, 9.17) is 5.84 Å². The van der Waals surface area contributed by atoms with E-state index in [2.05, 4.69) is 5.32 Å². The van der Waals surface area contributed by atoms with Crippen molar-refractivity contribution in [1.29, 1.82) is 0 Å². The first-order valence-corrected chi connectivity index (χ1v) is 7.25. The molecule has 0 aliphatic carbocycles. The normalized spacial score (nSPS) is 11.2. The highest BCUT2D eigenvalue weighted by atomic mass is 32.2. The Kier molecular flexibility index (Phi) is 6.15. The van der Waals surface area contributed by atoms with E-state index in [1.165, 1.54) is 12.1 Å². The van der Waals surface area contributed by atoms with Crippen LogP contribution in [0.1, 0.15) is 22.3 Å². The van der Waals surface area contributed by atoms with Gasteiger partial charge in [-0.25, -0.2) is 0 Å². The van der Waals surface area contributed by atoms with E-state index >= 15 is 0 Å². The molecule has 0 saturated heterocycles. The number of anilines is 1. The van der Waals surface area contributed by atoms with Crippen molar-refractivity contribution in [1.82, 2.24) is 5.32 Å². The summed E-state index contributed by atoms with van der Waals surface area (Å²) >= 11 is 1.63. The lowest BCUT2D eigenvalue weighted by Crippen LogP contribution is -2.27. The van der Waals surface area contributed by atoms with Gasteiger partial charge < -0.3 is 10.7 Å². The van der Waals surface area contributed by atoms with Crippen LogP contribution in [-0.2, 0) is 6.18 Å². The van der Waals surface area contributed by atoms with Crippen molar-refractivity contribution in [3.63, 3.8) is 0 Å². The molecule has 20 heavy (non-hydrogen) atoms. The van der Waals surface area contributed by atoms with Gasteiger partial charge >= 0.3 is 6.18 Å². The molecular weight excluding hydrogens is 291 g/mol. The summed E-state index contributed by atoms with van der Waals surface area (Å²) in [5.41, 5.74) is 0.473. The van der Waals surface area contributed by atoms with Crippen LogP contribution in [0.2, 0.25) is 0 Å². The molecule has 1 amide bonds. The monoisotopic (exact) mass is 307 g/mol. The van der Waals surface area contributed by atoms with Crippen molar-refractivity contribution in [2.75, 3.05) is 24.0 Å². The molecule has 0 bridgehead atoms. The lowest BCUT2D eigenvalue weighted by Gasteiger charge is -2.16. The second-order valence-corrected chi connectivity index (χ2v) is 4.96. The number of nitrogens with two attached hydrogens (primary N) is 1. The number of thioether (sulfide) groups is 1. The van der Waals surface area contributed by atoms with Crippen LogP contribution in [0.15, 0.2) is 18.2 Å². The molecule has 1 aromatic carbocycles. The second-order valence-electron chi connectivity index (χ2n) is 3.97. The predicted octanol–water partition coefficient (Wildman–Crippen LogP) is 2.47. The van der Waals surface area contributed by atoms with Gasteiger partial charge in [0.2, 0.25) is 0 Å². The lowest BCUT2D eigenvalue weighted by atomic mass is 10.1. The molecule has 0 atom stereocenters. The number of carbonyl (C=O) groups excluding carboxylic acids is 1. The Balaban J connectivity index is 2.92.